The first kappa shape index (κ1) is 11.6. The molecule has 0 aromatic carbocycles. The first-order chi connectivity index (χ1) is 7.85. The molecule has 1 aromatic heterocycles. The van der Waals surface area contributed by atoms with Crippen molar-refractivity contribution in [1.82, 2.24) is 4.90 Å². The molecule has 0 saturated heterocycles. The van der Waals surface area contributed by atoms with Crippen molar-refractivity contribution in [2.75, 3.05) is 6.54 Å². The lowest BCUT2D eigenvalue weighted by Crippen LogP contribution is -2.40. The number of hydrogen-bond acceptors (Lipinski definition) is 3. The minimum absolute atomic E-state index is 0.381. The fourth-order valence-corrected chi connectivity index (χ4v) is 2.86. The molecule has 0 radical (unpaired) electrons. The molecule has 2 rings (SSSR count). The standard InChI is InChI=1S/C13H20N2S/c1-3-5-6-12-14-13-11(7-9-16-13)10-15(12)8-4-2/h7,9-10,12H,3-6,8H2,1-2H3. The van der Waals surface area contributed by atoms with Crippen molar-refractivity contribution in [1.29, 1.82) is 0 Å². The van der Waals surface area contributed by atoms with Gasteiger partial charge in [0.15, 0.2) is 0 Å². The Labute approximate surface area is 101 Å². The van der Waals surface area contributed by atoms with Crippen LogP contribution in [0.3, 0.4) is 0 Å². The highest BCUT2D eigenvalue weighted by Crippen LogP contribution is 2.13. The van der Waals surface area contributed by atoms with Crippen molar-refractivity contribution in [3.05, 3.63) is 21.3 Å². The molecule has 0 saturated carbocycles. The van der Waals surface area contributed by atoms with Crippen LogP contribution in [0, 0.1) is 0 Å². The zero-order valence-corrected chi connectivity index (χ0v) is 11.0. The molecular weight excluding hydrogens is 216 g/mol. The first-order valence-corrected chi connectivity index (χ1v) is 7.12. The van der Waals surface area contributed by atoms with E-state index >= 15 is 0 Å². The largest absolute Gasteiger partial charge is 0.355 e. The molecule has 1 aromatic rings. The smallest absolute Gasteiger partial charge is 0.122 e. The van der Waals surface area contributed by atoms with E-state index in [1.807, 2.05) is 0 Å². The van der Waals surface area contributed by atoms with Crippen molar-refractivity contribution in [3.63, 3.8) is 0 Å². The molecule has 0 N–H and O–H groups in total. The average molecular weight is 236 g/mol. The van der Waals surface area contributed by atoms with Crippen molar-refractivity contribution < 1.29 is 0 Å². The Kier molecular flexibility index (Phi) is 3.99. The number of thiophene rings is 1. The maximum atomic E-state index is 4.86. The maximum absolute atomic E-state index is 4.86. The zero-order valence-electron chi connectivity index (χ0n) is 10.1. The summed E-state index contributed by atoms with van der Waals surface area (Å²) >= 11 is 1.76. The fourth-order valence-electron chi connectivity index (χ4n) is 2.08. The number of rotatable bonds is 5. The molecule has 2 nitrogen and oxygen atoms in total. The van der Waals surface area contributed by atoms with Gasteiger partial charge in [-0.05, 0) is 30.7 Å². The predicted molar refractivity (Wildman–Crippen MR) is 69.9 cm³/mol. The van der Waals surface area contributed by atoms with Gasteiger partial charge >= 0.3 is 0 Å². The van der Waals surface area contributed by atoms with Crippen LogP contribution in [0.4, 0.5) is 0 Å². The van der Waals surface area contributed by atoms with E-state index < -0.39 is 0 Å². The van der Waals surface area contributed by atoms with Crippen LogP contribution in [0.2, 0.25) is 0 Å². The number of unbranched alkanes of at least 4 members (excludes halogenated alkanes) is 1. The normalized spacial score (nSPS) is 18.9. The van der Waals surface area contributed by atoms with E-state index in [4.69, 9.17) is 4.99 Å². The van der Waals surface area contributed by atoms with Crippen LogP contribution in [-0.4, -0.2) is 17.6 Å². The molecule has 0 aliphatic carbocycles. The summed E-state index contributed by atoms with van der Waals surface area (Å²) in [6.07, 6.45) is 7.57. The summed E-state index contributed by atoms with van der Waals surface area (Å²) in [5.74, 6) is 0. The molecule has 88 valence electrons. The zero-order chi connectivity index (χ0) is 11.4. The van der Waals surface area contributed by atoms with Gasteiger partial charge in [-0.25, -0.2) is 4.99 Å². The van der Waals surface area contributed by atoms with Crippen LogP contribution in [-0.2, 0) is 0 Å². The van der Waals surface area contributed by atoms with Crippen LogP contribution in [0.25, 0.3) is 6.20 Å². The van der Waals surface area contributed by atoms with Crippen molar-refractivity contribution in [2.45, 2.75) is 45.7 Å². The van der Waals surface area contributed by atoms with Gasteiger partial charge in [-0.3, -0.25) is 0 Å². The van der Waals surface area contributed by atoms with Gasteiger partial charge in [-0.1, -0.05) is 20.3 Å². The van der Waals surface area contributed by atoms with Crippen LogP contribution >= 0.6 is 11.3 Å². The van der Waals surface area contributed by atoms with E-state index in [0.717, 1.165) is 6.54 Å². The molecule has 0 bridgehead atoms. The second-order valence-electron chi connectivity index (χ2n) is 4.30. The number of fused-ring (bicyclic) bond motifs is 1. The highest BCUT2D eigenvalue weighted by Gasteiger charge is 2.16. The molecular formula is C13H20N2S. The van der Waals surface area contributed by atoms with Crippen LogP contribution < -0.4 is 9.89 Å². The Bertz CT molecular complexity index is 435. The first-order valence-electron chi connectivity index (χ1n) is 6.24. The SMILES string of the molecule is CCCCC1N=c2sccc2=CN1CCC. The topological polar surface area (TPSA) is 15.6 Å². The van der Waals surface area contributed by atoms with E-state index in [-0.39, 0.29) is 0 Å². The third-order valence-electron chi connectivity index (χ3n) is 2.93. The summed E-state index contributed by atoms with van der Waals surface area (Å²) < 4.78 is 1.22. The second kappa shape index (κ2) is 5.48. The van der Waals surface area contributed by atoms with Gasteiger partial charge in [0.25, 0.3) is 0 Å². The molecule has 3 heteroatoms. The fraction of sp³-hybridized carbons (Fsp3) is 0.615. The van der Waals surface area contributed by atoms with Gasteiger partial charge < -0.3 is 4.90 Å². The predicted octanol–water partition coefficient (Wildman–Crippen LogP) is 2.35. The molecule has 1 unspecified atom stereocenters. The lowest BCUT2D eigenvalue weighted by molar-refractivity contribution is 0.282. The molecule has 1 atom stereocenters. The van der Waals surface area contributed by atoms with Crippen molar-refractivity contribution in [2.24, 2.45) is 4.99 Å². The molecule has 1 aliphatic heterocycles. The number of nitrogens with zero attached hydrogens (tertiary/aromatic N) is 2. The lowest BCUT2D eigenvalue weighted by Gasteiger charge is -2.29. The van der Waals surface area contributed by atoms with Gasteiger partial charge in [0, 0.05) is 18.0 Å². The summed E-state index contributed by atoms with van der Waals surface area (Å²) in [7, 11) is 0. The summed E-state index contributed by atoms with van der Waals surface area (Å²) in [6.45, 7) is 5.59. The van der Waals surface area contributed by atoms with Gasteiger partial charge in [0.05, 0.1) is 0 Å². The molecule has 0 amide bonds. The highest BCUT2D eigenvalue weighted by atomic mass is 32.1. The van der Waals surface area contributed by atoms with Crippen molar-refractivity contribution in [3.8, 4) is 0 Å². The molecule has 2 heterocycles. The Morgan fingerprint density at radius 3 is 3.00 bits per heavy atom. The van der Waals surface area contributed by atoms with Crippen LogP contribution in [0.5, 0.6) is 0 Å². The minimum Gasteiger partial charge on any atom is -0.355 e. The van der Waals surface area contributed by atoms with E-state index in [2.05, 4.69) is 36.4 Å². The molecule has 16 heavy (non-hydrogen) atoms. The van der Waals surface area contributed by atoms with Crippen LogP contribution in [0.15, 0.2) is 16.4 Å². The summed E-state index contributed by atoms with van der Waals surface area (Å²) in [4.78, 5) is 7.26. The lowest BCUT2D eigenvalue weighted by atomic mass is 10.2. The van der Waals surface area contributed by atoms with Gasteiger partial charge in [-0.15, -0.1) is 11.3 Å². The molecule has 0 fully saturated rings. The quantitative estimate of drug-likeness (QED) is 0.766. The van der Waals surface area contributed by atoms with E-state index in [9.17, 15) is 0 Å². The summed E-state index contributed by atoms with van der Waals surface area (Å²) in [5, 5.41) is 3.43. The highest BCUT2D eigenvalue weighted by molar-refractivity contribution is 7.07. The summed E-state index contributed by atoms with van der Waals surface area (Å²) in [6, 6.07) is 2.17. The van der Waals surface area contributed by atoms with Gasteiger partial charge in [-0.2, -0.15) is 0 Å². The monoisotopic (exact) mass is 236 g/mol. The molecule has 0 spiro atoms. The number of hydrogen-bond donors (Lipinski definition) is 0. The van der Waals surface area contributed by atoms with Crippen LogP contribution in [0.1, 0.15) is 39.5 Å². The van der Waals surface area contributed by atoms with E-state index in [1.165, 1.54) is 35.6 Å². The Hall–Kier alpha value is -0.830. The Morgan fingerprint density at radius 1 is 1.38 bits per heavy atom. The Morgan fingerprint density at radius 2 is 2.25 bits per heavy atom. The van der Waals surface area contributed by atoms with Gasteiger partial charge in [0.2, 0.25) is 0 Å². The van der Waals surface area contributed by atoms with Gasteiger partial charge in [0.1, 0.15) is 10.8 Å². The van der Waals surface area contributed by atoms with Crippen molar-refractivity contribution >= 4 is 17.5 Å². The van der Waals surface area contributed by atoms with E-state index in [0.29, 0.717) is 6.17 Å². The Balaban J connectivity index is 2.22. The maximum Gasteiger partial charge on any atom is 0.122 e. The summed E-state index contributed by atoms with van der Waals surface area (Å²) in [5.41, 5.74) is 0. The second-order valence-corrected chi connectivity index (χ2v) is 5.19. The average Bonchev–Trinajstić information content (AvgIpc) is 2.73. The minimum atomic E-state index is 0.381. The third-order valence-corrected chi connectivity index (χ3v) is 3.76. The third kappa shape index (κ3) is 2.46. The van der Waals surface area contributed by atoms with E-state index in [1.54, 1.807) is 11.3 Å². The molecule has 1 aliphatic rings.